The Bertz CT molecular complexity index is 819. The van der Waals surface area contributed by atoms with Crippen LogP contribution in [0.5, 0.6) is 0 Å². The van der Waals surface area contributed by atoms with Crippen LogP contribution in [0.2, 0.25) is 0 Å². The molecule has 0 aromatic carbocycles. The van der Waals surface area contributed by atoms with Crippen LogP contribution in [-0.2, 0) is 14.3 Å². The molecule has 0 radical (unpaired) electrons. The highest BCUT2D eigenvalue weighted by Crippen LogP contribution is 2.76. The Balaban J connectivity index is 1.61. The first kappa shape index (κ1) is 17.7. The molecule has 1 spiro atoms. The molecule has 8 atom stereocenters. The fourth-order valence-corrected chi connectivity index (χ4v) is 7.23. The van der Waals surface area contributed by atoms with Crippen LogP contribution in [-0.4, -0.2) is 51.9 Å². The van der Waals surface area contributed by atoms with Crippen LogP contribution in [0, 0.1) is 22.7 Å². The number of epoxide rings is 1. The van der Waals surface area contributed by atoms with Gasteiger partial charge in [-0.05, 0) is 62.2 Å². The first-order valence-corrected chi connectivity index (χ1v) is 9.78. The maximum Gasteiger partial charge on any atom is 0.190 e. The number of allylic oxidation sites excluding steroid dienone is 2. The molecule has 0 bridgehead atoms. The van der Waals surface area contributed by atoms with Gasteiger partial charge in [-0.15, -0.1) is 0 Å². The molecule has 0 amide bonds. The van der Waals surface area contributed by atoms with Gasteiger partial charge in [0, 0.05) is 10.8 Å². The molecule has 1 aliphatic heterocycles. The fourth-order valence-electron chi connectivity index (χ4n) is 7.23. The van der Waals surface area contributed by atoms with Crippen molar-refractivity contribution in [2.45, 2.75) is 63.0 Å². The van der Waals surface area contributed by atoms with Gasteiger partial charge in [-0.25, -0.2) is 4.39 Å². The van der Waals surface area contributed by atoms with Gasteiger partial charge >= 0.3 is 0 Å². The molecule has 3 saturated carbocycles. The van der Waals surface area contributed by atoms with Gasteiger partial charge in [-0.2, -0.15) is 0 Å². The molecule has 2 N–H and O–H groups in total. The van der Waals surface area contributed by atoms with Crippen molar-refractivity contribution in [1.82, 2.24) is 0 Å². The molecule has 27 heavy (non-hydrogen) atoms. The summed E-state index contributed by atoms with van der Waals surface area (Å²) in [6.07, 6.45) is 4.91. The summed E-state index contributed by atoms with van der Waals surface area (Å²) in [7, 11) is 0. The van der Waals surface area contributed by atoms with E-state index in [4.69, 9.17) is 4.74 Å². The van der Waals surface area contributed by atoms with E-state index >= 15 is 4.39 Å². The van der Waals surface area contributed by atoms with Crippen LogP contribution in [0.4, 0.5) is 4.39 Å². The van der Waals surface area contributed by atoms with Crippen molar-refractivity contribution in [2.75, 3.05) is 6.61 Å². The van der Waals surface area contributed by atoms with Gasteiger partial charge in [0.15, 0.2) is 11.6 Å². The van der Waals surface area contributed by atoms with Crippen LogP contribution in [0.15, 0.2) is 23.8 Å². The summed E-state index contributed by atoms with van der Waals surface area (Å²) in [6, 6.07) is 0. The molecule has 0 aromatic rings. The Hall–Kier alpha value is -1.37. The number of aliphatic hydroxyl groups excluding tert-OH is 1. The predicted molar refractivity (Wildman–Crippen MR) is 93.4 cm³/mol. The van der Waals surface area contributed by atoms with E-state index in [9.17, 15) is 19.8 Å². The topological polar surface area (TPSA) is 87.1 Å². The van der Waals surface area contributed by atoms with Gasteiger partial charge in [0.25, 0.3) is 0 Å². The summed E-state index contributed by atoms with van der Waals surface area (Å²) in [5.41, 5.74) is -3.09. The van der Waals surface area contributed by atoms with E-state index in [-0.39, 0.29) is 36.6 Å². The SMILES string of the molecule is C[C@]12C=CC(=O)C=C1[C@@H](F)C[C@H]1[C@@H]3CC[C@](O)(C(=O)CO)[C@@]3(C)CC3O[C@]312. The third-order valence-corrected chi connectivity index (χ3v) is 8.68. The average Bonchev–Trinajstić information content (AvgIpc) is 3.29. The highest BCUT2D eigenvalue weighted by molar-refractivity contribution is 6.01. The second-order valence-electron chi connectivity index (χ2n) is 9.46. The van der Waals surface area contributed by atoms with Gasteiger partial charge in [0.2, 0.25) is 0 Å². The number of carbonyl (C=O) groups excluding carboxylic acids is 2. The smallest absolute Gasteiger partial charge is 0.190 e. The number of alkyl halides is 1. The summed E-state index contributed by atoms with van der Waals surface area (Å²) < 4.78 is 21.5. The quantitative estimate of drug-likeness (QED) is 0.716. The molecule has 4 aliphatic carbocycles. The lowest BCUT2D eigenvalue weighted by atomic mass is 9.46. The standard InChI is InChI=1S/C21H25FO5/c1-18-5-3-11(24)7-14(18)15(22)8-13-12-4-6-20(26,16(25)10-23)19(12,2)9-17-21(13,18)27-17/h3,5,7,12-13,15,17,23,26H,4,6,8-10H2,1-2H3/t12-,13-,15-,17?,18-,19-,20-,21-/m0/s1. The minimum atomic E-state index is -1.59. The van der Waals surface area contributed by atoms with Crippen molar-refractivity contribution >= 4 is 11.6 Å². The highest BCUT2D eigenvalue weighted by Gasteiger charge is 2.82. The minimum Gasteiger partial charge on any atom is -0.388 e. The zero-order valence-corrected chi connectivity index (χ0v) is 15.6. The second kappa shape index (κ2) is 4.97. The number of ketones is 2. The van der Waals surface area contributed by atoms with Crippen molar-refractivity contribution < 1.29 is 28.9 Å². The van der Waals surface area contributed by atoms with Crippen LogP contribution in [0.1, 0.15) is 39.5 Å². The number of ether oxygens (including phenoxy) is 1. The molecule has 5 nitrogen and oxygen atoms in total. The van der Waals surface area contributed by atoms with Gasteiger partial charge < -0.3 is 14.9 Å². The lowest BCUT2D eigenvalue weighted by molar-refractivity contribution is -0.160. The van der Waals surface area contributed by atoms with E-state index in [0.717, 1.165) is 0 Å². The minimum absolute atomic E-state index is 0.0700. The fraction of sp³-hybridized carbons (Fsp3) is 0.714. The van der Waals surface area contributed by atoms with Crippen molar-refractivity contribution in [3.05, 3.63) is 23.8 Å². The van der Waals surface area contributed by atoms with Crippen molar-refractivity contribution in [3.8, 4) is 0 Å². The molecule has 1 heterocycles. The number of rotatable bonds is 2. The Kier molecular flexibility index (Phi) is 3.26. The van der Waals surface area contributed by atoms with Gasteiger partial charge in [0.05, 0.1) is 6.10 Å². The number of hydrogen-bond acceptors (Lipinski definition) is 5. The first-order chi connectivity index (χ1) is 12.6. The highest BCUT2D eigenvalue weighted by atomic mass is 19.1. The zero-order valence-electron chi connectivity index (χ0n) is 15.6. The second-order valence-corrected chi connectivity index (χ2v) is 9.46. The predicted octanol–water partition coefficient (Wildman–Crippen LogP) is 1.67. The molecule has 4 fully saturated rings. The summed E-state index contributed by atoms with van der Waals surface area (Å²) in [6.45, 7) is 3.15. The molecule has 146 valence electrons. The molecular formula is C21H25FO5. The van der Waals surface area contributed by atoms with Crippen LogP contribution in [0.25, 0.3) is 0 Å². The van der Waals surface area contributed by atoms with Gasteiger partial charge in [-0.1, -0.05) is 13.0 Å². The summed E-state index contributed by atoms with van der Waals surface area (Å²) in [5, 5.41) is 20.6. The van der Waals surface area contributed by atoms with Gasteiger partial charge in [0.1, 0.15) is 24.0 Å². The maximum atomic E-state index is 15.2. The molecule has 6 heteroatoms. The number of aliphatic hydroxyl groups is 2. The van der Waals surface area contributed by atoms with E-state index < -0.39 is 40.6 Å². The molecular weight excluding hydrogens is 351 g/mol. The number of Topliss-reactive ketones (excluding diaryl/α,β-unsaturated/α-hetero) is 1. The van der Waals surface area contributed by atoms with Gasteiger partial charge in [-0.3, -0.25) is 9.59 Å². The number of fused-ring (bicyclic) bond motifs is 3. The Morgan fingerprint density at radius 2 is 2.11 bits per heavy atom. The summed E-state index contributed by atoms with van der Waals surface area (Å²) in [4.78, 5) is 24.2. The van der Waals surface area contributed by atoms with Crippen LogP contribution >= 0.6 is 0 Å². The molecule has 1 saturated heterocycles. The summed E-state index contributed by atoms with van der Waals surface area (Å²) in [5.74, 6) is -0.957. The van der Waals surface area contributed by atoms with Crippen LogP contribution < -0.4 is 0 Å². The molecule has 5 aliphatic rings. The normalized spacial score (nSPS) is 55.1. The Morgan fingerprint density at radius 3 is 2.81 bits per heavy atom. The van der Waals surface area contributed by atoms with E-state index in [1.165, 1.54) is 12.2 Å². The largest absolute Gasteiger partial charge is 0.388 e. The van der Waals surface area contributed by atoms with Crippen molar-refractivity contribution in [1.29, 1.82) is 0 Å². The summed E-state index contributed by atoms with van der Waals surface area (Å²) >= 11 is 0. The van der Waals surface area contributed by atoms with E-state index in [0.29, 0.717) is 18.4 Å². The number of hydrogen-bond donors (Lipinski definition) is 2. The van der Waals surface area contributed by atoms with Crippen LogP contribution in [0.3, 0.4) is 0 Å². The monoisotopic (exact) mass is 376 g/mol. The molecule has 5 rings (SSSR count). The van der Waals surface area contributed by atoms with E-state index in [1.807, 2.05) is 13.8 Å². The lowest BCUT2D eigenvalue weighted by Gasteiger charge is -2.56. The third kappa shape index (κ3) is 1.76. The Labute approximate surface area is 157 Å². The molecule has 0 aromatic heterocycles. The number of carbonyl (C=O) groups is 2. The lowest BCUT2D eigenvalue weighted by Crippen LogP contribution is -2.62. The molecule has 1 unspecified atom stereocenters. The first-order valence-electron chi connectivity index (χ1n) is 9.78. The van der Waals surface area contributed by atoms with Crippen molar-refractivity contribution in [2.24, 2.45) is 22.7 Å². The van der Waals surface area contributed by atoms with Crippen molar-refractivity contribution in [3.63, 3.8) is 0 Å². The van der Waals surface area contributed by atoms with E-state index in [2.05, 4.69) is 0 Å². The number of halogens is 1. The Morgan fingerprint density at radius 1 is 1.37 bits per heavy atom. The third-order valence-electron chi connectivity index (χ3n) is 8.68. The van der Waals surface area contributed by atoms with E-state index in [1.54, 1.807) is 6.08 Å². The zero-order chi connectivity index (χ0) is 19.4. The maximum absolute atomic E-state index is 15.2. The average molecular weight is 376 g/mol.